The van der Waals surface area contributed by atoms with Crippen LogP contribution >= 0.6 is 12.4 Å². The number of hydrogen-bond acceptors (Lipinski definition) is 7. The van der Waals surface area contributed by atoms with Gasteiger partial charge in [0.05, 0.1) is 12.7 Å². The molecule has 0 radical (unpaired) electrons. The molecule has 1 aromatic heterocycles. The zero-order chi connectivity index (χ0) is 19.9. The predicted molar refractivity (Wildman–Crippen MR) is 105 cm³/mol. The first-order valence-corrected chi connectivity index (χ1v) is 9.18. The number of nitrogens with one attached hydrogen (secondary N) is 1. The molecule has 0 unspecified atom stereocenters. The molecule has 158 valence electrons. The molecule has 1 aromatic carbocycles. The molecule has 0 aliphatic carbocycles. The number of aromatic carboxylic acids is 1. The number of halogens is 2. The molecule has 4 rings (SSSR count). The summed E-state index contributed by atoms with van der Waals surface area (Å²) < 4.78 is 24.0. The summed E-state index contributed by atoms with van der Waals surface area (Å²) in [5.41, 5.74) is -0.452. The molecule has 2 aliphatic heterocycles. The molecule has 8 nitrogen and oxygen atoms in total. The van der Waals surface area contributed by atoms with Gasteiger partial charge in [-0.15, -0.1) is 12.4 Å². The Morgan fingerprint density at radius 1 is 1.45 bits per heavy atom. The number of anilines is 1. The van der Waals surface area contributed by atoms with Gasteiger partial charge in [0, 0.05) is 31.1 Å². The van der Waals surface area contributed by atoms with Crippen LogP contribution in [0.3, 0.4) is 0 Å². The van der Waals surface area contributed by atoms with Gasteiger partial charge in [-0.2, -0.15) is 0 Å². The number of rotatable bonds is 4. The van der Waals surface area contributed by atoms with Crippen molar-refractivity contribution in [3.05, 3.63) is 29.6 Å². The van der Waals surface area contributed by atoms with Gasteiger partial charge in [0.15, 0.2) is 28.7 Å². The van der Waals surface area contributed by atoms with Crippen LogP contribution in [0.2, 0.25) is 0 Å². The lowest BCUT2D eigenvalue weighted by molar-refractivity contribution is -0.0540. The number of benzene rings is 1. The molecule has 2 fully saturated rings. The van der Waals surface area contributed by atoms with Crippen LogP contribution in [-0.4, -0.2) is 60.2 Å². The molecule has 2 saturated heterocycles. The average Bonchev–Trinajstić information content (AvgIpc) is 3.13. The number of aliphatic hydroxyl groups is 1. The average molecular weight is 428 g/mol. The van der Waals surface area contributed by atoms with Crippen LogP contribution in [0.25, 0.3) is 11.3 Å². The number of ether oxygens (including phenoxy) is 1. The first kappa shape index (κ1) is 21.4. The predicted octanol–water partition coefficient (Wildman–Crippen LogP) is 2.16. The van der Waals surface area contributed by atoms with E-state index in [-0.39, 0.29) is 41.2 Å². The Bertz CT molecular complexity index is 908. The monoisotopic (exact) mass is 427 g/mol. The van der Waals surface area contributed by atoms with Crippen LogP contribution in [0.5, 0.6) is 5.75 Å². The van der Waals surface area contributed by atoms with Crippen molar-refractivity contribution in [1.82, 2.24) is 10.5 Å². The van der Waals surface area contributed by atoms with Crippen LogP contribution in [0, 0.1) is 11.7 Å². The third-order valence-corrected chi connectivity index (χ3v) is 5.74. The molecule has 0 saturated carbocycles. The number of carboxylic acids is 1. The van der Waals surface area contributed by atoms with E-state index in [2.05, 4.69) is 10.5 Å². The Morgan fingerprint density at radius 3 is 2.97 bits per heavy atom. The van der Waals surface area contributed by atoms with E-state index in [4.69, 9.17) is 9.26 Å². The summed E-state index contributed by atoms with van der Waals surface area (Å²) in [6, 6.07) is 4.00. The lowest BCUT2D eigenvalue weighted by atomic mass is 9.76. The molecule has 2 atom stereocenters. The normalized spacial score (nSPS) is 23.8. The summed E-state index contributed by atoms with van der Waals surface area (Å²) in [4.78, 5) is 13.8. The van der Waals surface area contributed by atoms with Crippen LogP contribution in [0.1, 0.15) is 23.2 Å². The Balaban J connectivity index is 0.00000240. The fourth-order valence-corrected chi connectivity index (χ4v) is 4.11. The van der Waals surface area contributed by atoms with Gasteiger partial charge in [0.2, 0.25) is 0 Å². The Hall–Kier alpha value is -2.36. The Kier molecular flexibility index (Phi) is 6.02. The van der Waals surface area contributed by atoms with Gasteiger partial charge in [-0.1, -0.05) is 5.16 Å². The minimum atomic E-state index is -1.18. The number of methoxy groups -OCH3 is 1. The van der Waals surface area contributed by atoms with E-state index in [0.29, 0.717) is 38.0 Å². The smallest absolute Gasteiger partial charge is 0.343 e. The van der Waals surface area contributed by atoms with E-state index >= 15 is 0 Å². The summed E-state index contributed by atoms with van der Waals surface area (Å²) in [5.74, 6) is -1.51. The quantitative estimate of drug-likeness (QED) is 0.681. The molecule has 3 N–H and O–H groups in total. The maximum atomic E-state index is 13.7. The van der Waals surface area contributed by atoms with Crippen molar-refractivity contribution in [3.8, 4) is 17.1 Å². The number of aromatic nitrogens is 1. The number of piperidine rings is 2. The zero-order valence-corrected chi connectivity index (χ0v) is 16.7. The van der Waals surface area contributed by atoms with Gasteiger partial charge in [-0.05, 0) is 37.6 Å². The largest absolute Gasteiger partial charge is 0.494 e. The molecule has 2 aliphatic rings. The van der Waals surface area contributed by atoms with Crippen molar-refractivity contribution in [2.75, 3.05) is 38.2 Å². The van der Waals surface area contributed by atoms with E-state index < -0.39 is 17.4 Å². The highest BCUT2D eigenvalue weighted by atomic mass is 35.5. The summed E-state index contributed by atoms with van der Waals surface area (Å²) in [6.07, 6.45) is 1.21. The topological polar surface area (TPSA) is 108 Å². The van der Waals surface area contributed by atoms with Crippen molar-refractivity contribution in [2.45, 2.75) is 18.4 Å². The third-order valence-electron chi connectivity index (χ3n) is 5.74. The van der Waals surface area contributed by atoms with E-state index in [9.17, 15) is 19.4 Å². The summed E-state index contributed by atoms with van der Waals surface area (Å²) >= 11 is 0. The fraction of sp³-hybridized carbons (Fsp3) is 0.474. The van der Waals surface area contributed by atoms with Crippen LogP contribution < -0.4 is 15.0 Å². The molecule has 0 spiro atoms. The van der Waals surface area contributed by atoms with Gasteiger partial charge in [0.25, 0.3) is 0 Å². The summed E-state index contributed by atoms with van der Waals surface area (Å²) in [6.45, 7) is 2.39. The van der Waals surface area contributed by atoms with Crippen LogP contribution in [0.4, 0.5) is 10.2 Å². The fourth-order valence-electron chi connectivity index (χ4n) is 4.11. The second-order valence-corrected chi connectivity index (χ2v) is 7.32. The molecule has 10 heteroatoms. The van der Waals surface area contributed by atoms with Gasteiger partial charge in [-0.3, -0.25) is 0 Å². The highest BCUT2D eigenvalue weighted by molar-refractivity contribution is 5.99. The first-order chi connectivity index (χ1) is 13.4. The van der Waals surface area contributed by atoms with Crippen molar-refractivity contribution < 1.29 is 28.7 Å². The SMILES string of the molecule is COc1cc(-c2onc(N3CC[C@@]4(O)CCNC[C@H]4C3)c2C(=O)O)ccc1F.Cl. The molecule has 0 amide bonds. The van der Waals surface area contributed by atoms with Crippen molar-refractivity contribution >= 4 is 24.2 Å². The lowest BCUT2D eigenvalue weighted by Crippen LogP contribution is -2.59. The Morgan fingerprint density at radius 2 is 2.24 bits per heavy atom. The van der Waals surface area contributed by atoms with Gasteiger partial charge < -0.3 is 29.7 Å². The zero-order valence-electron chi connectivity index (χ0n) is 15.9. The lowest BCUT2D eigenvalue weighted by Gasteiger charge is -2.47. The summed E-state index contributed by atoms with van der Waals surface area (Å²) in [5, 5.41) is 27.9. The molecule has 0 bridgehead atoms. The minimum absolute atomic E-state index is 0. The van der Waals surface area contributed by atoms with Gasteiger partial charge >= 0.3 is 5.97 Å². The molecule has 3 heterocycles. The molecule has 29 heavy (non-hydrogen) atoms. The maximum Gasteiger partial charge on any atom is 0.343 e. The minimum Gasteiger partial charge on any atom is -0.494 e. The van der Waals surface area contributed by atoms with Gasteiger partial charge in [-0.25, -0.2) is 9.18 Å². The summed E-state index contributed by atoms with van der Waals surface area (Å²) in [7, 11) is 1.33. The maximum absolute atomic E-state index is 13.7. The van der Waals surface area contributed by atoms with E-state index in [1.165, 1.54) is 25.3 Å². The number of hydrogen-bond donors (Lipinski definition) is 3. The molecular formula is C19H23ClFN3O5. The van der Waals surface area contributed by atoms with Crippen molar-refractivity contribution in [1.29, 1.82) is 0 Å². The number of nitrogens with zero attached hydrogens (tertiary/aromatic N) is 2. The highest BCUT2D eigenvalue weighted by Crippen LogP contribution is 2.38. The second kappa shape index (κ2) is 8.17. The van der Waals surface area contributed by atoms with E-state index in [1.807, 2.05) is 4.90 Å². The van der Waals surface area contributed by atoms with E-state index in [0.717, 1.165) is 6.54 Å². The molecule has 2 aromatic rings. The first-order valence-electron chi connectivity index (χ1n) is 9.18. The highest BCUT2D eigenvalue weighted by Gasteiger charge is 2.44. The van der Waals surface area contributed by atoms with Crippen molar-refractivity contribution in [3.63, 3.8) is 0 Å². The van der Waals surface area contributed by atoms with Gasteiger partial charge in [0.1, 0.15) is 0 Å². The standard InChI is InChI=1S/C19H22FN3O5.ClH/c1-27-14-8-11(2-3-13(14)20)16-15(18(24)25)17(22-28-16)23-7-5-19(26)4-6-21-9-12(19)10-23;/h2-3,8,12,21,26H,4-7,9-10H2,1H3,(H,24,25);1H/t12-,19-;/m0./s1. The van der Waals surface area contributed by atoms with Crippen molar-refractivity contribution in [2.24, 2.45) is 5.92 Å². The molecular weight excluding hydrogens is 405 g/mol. The van der Waals surface area contributed by atoms with E-state index in [1.54, 1.807) is 0 Å². The van der Waals surface area contributed by atoms with Crippen LogP contribution in [0.15, 0.2) is 22.7 Å². The number of carboxylic acid groups (broad SMARTS) is 1. The second-order valence-electron chi connectivity index (χ2n) is 7.32. The number of carbonyl (C=O) groups is 1. The van der Waals surface area contributed by atoms with Crippen LogP contribution in [-0.2, 0) is 0 Å². The number of fused-ring (bicyclic) bond motifs is 1. The third kappa shape index (κ3) is 3.77. The Labute approximate surface area is 173 Å².